The number of nitrogens with one attached hydrogen (secondary N) is 1. The molecule has 1 aromatic rings. The molecule has 1 aromatic carbocycles. The summed E-state index contributed by atoms with van der Waals surface area (Å²) >= 11 is 3.16. The highest BCUT2D eigenvalue weighted by atomic mass is 79.9. The van der Waals surface area contributed by atoms with Gasteiger partial charge in [0, 0.05) is 17.7 Å². The lowest BCUT2D eigenvalue weighted by molar-refractivity contribution is 0.332. The van der Waals surface area contributed by atoms with Crippen LogP contribution < -0.4 is 15.8 Å². The lowest BCUT2D eigenvalue weighted by atomic mass is 10.1. The highest BCUT2D eigenvalue weighted by molar-refractivity contribution is 9.10. The Kier molecular flexibility index (Phi) is 3.75. The maximum absolute atomic E-state index is 13.3. The van der Waals surface area contributed by atoms with E-state index in [4.69, 9.17) is 10.5 Å². The number of rotatable bonds is 2. The smallest absolute Gasteiger partial charge is 0.189 e. The van der Waals surface area contributed by atoms with Crippen LogP contribution in [0.3, 0.4) is 0 Å². The van der Waals surface area contributed by atoms with Gasteiger partial charge in [-0.25, -0.2) is 9.38 Å². The average Bonchev–Trinajstić information content (AvgIpc) is 2.61. The molecule has 1 aliphatic rings. The molecule has 0 saturated heterocycles. The highest BCUT2D eigenvalue weighted by Gasteiger charge is 2.25. The van der Waals surface area contributed by atoms with Crippen LogP contribution in [0.1, 0.15) is 25.5 Å². The number of fused-ring (bicyclic) bond motifs is 1. The van der Waals surface area contributed by atoms with Gasteiger partial charge in [0.2, 0.25) is 0 Å². The summed E-state index contributed by atoms with van der Waals surface area (Å²) in [6.07, 6.45) is 0. The molecule has 98 valence electrons. The van der Waals surface area contributed by atoms with Gasteiger partial charge in [0.25, 0.3) is 0 Å². The molecule has 0 spiro atoms. The SMILES string of the molecule is CC(C)NC(N)=NC1COc2cc(F)c(Br)cc21. The molecule has 0 saturated carbocycles. The quantitative estimate of drug-likeness (QED) is 0.650. The normalized spacial score (nSPS) is 18.7. The topological polar surface area (TPSA) is 59.6 Å². The third kappa shape index (κ3) is 2.75. The first-order valence-corrected chi connectivity index (χ1v) is 6.48. The molecule has 0 bridgehead atoms. The fraction of sp³-hybridized carbons (Fsp3) is 0.417. The number of halogens is 2. The van der Waals surface area contributed by atoms with Crippen LogP contribution >= 0.6 is 15.9 Å². The van der Waals surface area contributed by atoms with Gasteiger partial charge in [0.15, 0.2) is 5.96 Å². The summed E-state index contributed by atoms with van der Waals surface area (Å²) in [6.45, 7) is 4.34. The number of ether oxygens (including phenoxy) is 1. The van der Waals surface area contributed by atoms with Crippen LogP contribution in [-0.4, -0.2) is 18.6 Å². The molecule has 18 heavy (non-hydrogen) atoms. The number of hydrogen-bond acceptors (Lipinski definition) is 2. The van der Waals surface area contributed by atoms with Gasteiger partial charge in [-0.2, -0.15) is 0 Å². The van der Waals surface area contributed by atoms with Crippen molar-refractivity contribution in [3.8, 4) is 5.75 Å². The molecule has 0 amide bonds. The minimum Gasteiger partial charge on any atom is -0.491 e. The van der Waals surface area contributed by atoms with Crippen molar-refractivity contribution in [1.82, 2.24) is 5.32 Å². The Morgan fingerprint density at radius 2 is 2.33 bits per heavy atom. The molecule has 0 fully saturated rings. The van der Waals surface area contributed by atoms with Crippen molar-refractivity contribution in [1.29, 1.82) is 0 Å². The molecule has 1 aliphatic heterocycles. The predicted octanol–water partition coefficient (Wildman–Crippen LogP) is 2.33. The van der Waals surface area contributed by atoms with Gasteiger partial charge in [-0.15, -0.1) is 0 Å². The Hall–Kier alpha value is -1.30. The Balaban J connectivity index is 2.24. The van der Waals surface area contributed by atoms with E-state index in [0.717, 1.165) is 5.56 Å². The molecular weight excluding hydrogens is 301 g/mol. The monoisotopic (exact) mass is 315 g/mol. The van der Waals surface area contributed by atoms with Crippen LogP contribution in [-0.2, 0) is 0 Å². The Labute approximate surface area is 114 Å². The fourth-order valence-electron chi connectivity index (χ4n) is 1.80. The Morgan fingerprint density at radius 1 is 1.61 bits per heavy atom. The number of hydrogen-bond donors (Lipinski definition) is 2. The zero-order chi connectivity index (χ0) is 13.3. The number of guanidine groups is 1. The second-order valence-corrected chi connectivity index (χ2v) is 5.30. The van der Waals surface area contributed by atoms with Crippen LogP contribution in [0.25, 0.3) is 0 Å². The van der Waals surface area contributed by atoms with Gasteiger partial charge in [-0.05, 0) is 35.8 Å². The molecule has 0 aliphatic carbocycles. The van der Waals surface area contributed by atoms with Gasteiger partial charge >= 0.3 is 0 Å². The summed E-state index contributed by atoms with van der Waals surface area (Å²) < 4.78 is 19.1. The van der Waals surface area contributed by atoms with Crippen molar-refractivity contribution in [2.24, 2.45) is 10.7 Å². The van der Waals surface area contributed by atoms with Crippen molar-refractivity contribution in [3.63, 3.8) is 0 Å². The summed E-state index contributed by atoms with van der Waals surface area (Å²) in [5.74, 6) is 0.556. The van der Waals surface area contributed by atoms with Crippen molar-refractivity contribution in [3.05, 3.63) is 28.0 Å². The van der Waals surface area contributed by atoms with Crippen LogP contribution in [0.4, 0.5) is 4.39 Å². The van der Waals surface area contributed by atoms with Crippen molar-refractivity contribution < 1.29 is 9.13 Å². The van der Waals surface area contributed by atoms with Gasteiger partial charge in [0.1, 0.15) is 24.2 Å². The molecular formula is C12H15BrFN3O. The number of benzene rings is 1. The third-order valence-corrected chi connectivity index (χ3v) is 3.15. The molecule has 3 N–H and O–H groups in total. The van der Waals surface area contributed by atoms with Crippen LogP contribution in [0.5, 0.6) is 5.75 Å². The second-order valence-electron chi connectivity index (χ2n) is 4.44. The minimum atomic E-state index is -0.341. The number of nitrogens with two attached hydrogens (primary N) is 1. The van der Waals surface area contributed by atoms with Crippen LogP contribution in [0, 0.1) is 5.82 Å². The summed E-state index contributed by atoms with van der Waals surface area (Å²) in [4.78, 5) is 4.34. The van der Waals surface area contributed by atoms with E-state index in [0.29, 0.717) is 22.8 Å². The maximum atomic E-state index is 13.3. The summed E-state index contributed by atoms with van der Waals surface area (Å²) in [5, 5.41) is 3.01. The molecule has 1 heterocycles. The van der Waals surface area contributed by atoms with E-state index in [1.807, 2.05) is 13.8 Å². The number of aliphatic imine (C=N–C) groups is 1. The molecule has 2 rings (SSSR count). The Bertz CT molecular complexity index is 490. The van der Waals surface area contributed by atoms with Crippen LogP contribution in [0.2, 0.25) is 0 Å². The minimum absolute atomic E-state index is 0.192. The fourth-order valence-corrected chi connectivity index (χ4v) is 2.16. The molecule has 1 unspecified atom stereocenters. The molecule has 6 heteroatoms. The van der Waals surface area contributed by atoms with Crippen LogP contribution in [0.15, 0.2) is 21.6 Å². The van der Waals surface area contributed by atoms with E-state index in [1.54, 1.807) is 6.07 Å². The van der Waals surface area contributed by atoms with Gasteiger partial charge in [-0.3, -0.25) is 0 Å². The summed E-state index contributed by atoms with van der Waals surface area (Å²) in [7, 11) is 0. The first-order chi connectivity index (χ1) is 8.47. The van der Waals surface area contributed by atoms with E-state index < -0.39 is 0 Å². The van der Waals surface area contributed by atoms with Crippen molar-refractivity contribution in [2.75, 3.05) is 6.61 Å². The molecule has 0 aromatic heterocycles. The van der Waals surface area contributed by atoms with E-state index in [9.17, 15) is 4.39 Å². The van der Waals surface area contributed by atoms with E-state index >= 15 is 0 Å². The standard InChI is InChI=1S/C12H15BrFN3O/c1-6(2)16-12(15)17-10-5-18-11-4-9(14)8(13)3-7(10)11/h3-4,6,10H,5H2,1-2H3,(H3,15,16,17). The second kappa shape index (κ2) is 5.14. The van der Waals surface area contributed by atoms with Gasteiger partial charge in [-0.1, -0.05) is 0 Å². The van der Waals surface area contributed by atoms with Crippen molar-refractivity contribution >= 4 is 21.9 Å². The predicted molar refractivity (Wildman–Crippen MR) is 72.2 cm³/mol. The van der Waals surface area contributed by atoms with E-state index in [2.05, 4.69) is 26.2 Å². The average molecular weight is 316 g/mol. The van der Waals surface area contributed by atoms with Gasteiger partial charge in [0.05, 0.1) is 4.47 Å². The van der Waals surface area contributed by atoms with E-state index in [1.165, 1.54) is 6.07 Å². The zero-order valence-corrected chi connectivity index (χ0v) is 11.8. The lowest BCUT2D eigenvalue weighted by Crippen LogP contribution is -2.37. The molecule has 0 radical (unpaired) electrons. The number of nitrogens with zero attached hydrogens (tertiary/aromatic N) is 1. The summed E-state index contributed by atoms with van der Waals surface area (Å²) in [6, 6.07) is 3.08. The maximum Gasteiger partial charge on any atom is 0.189 e. The highest BCUT2D eigenvalue weighted by Crippen LogP contribution is 2.37. The molecule has 4 nitrogen and oxygen atoms in total. The first kappa shape index (κ1) is 13.1. The third-order valence-electron chi connectivity index (χ3n) is 2.54. The lowest BCUT2D eigenvalue weighted by Gasteiger charge is -2.11. The zero-order valence-electron chi connectivity index (χ0n) is 10.2. The largest absolute Gasteiger partial charge is 0.491 e. The van der Waals surface area contributed by atoms with E-state index in [-0.39, 0.29) is 17.9 Å². The molecule has 1 atom stereocenters. The van der Waals surface area contributed by atoms with Crippen molar-refractivity contribution in [2.45, 2.75) is 25.9 Å². The Morgan fingerprint density at radius 3 is 3.00 bits per heavy atom. The summed E-state index contributed by atoms with van der Waals surface area (Å²) in [5.41, 5.74) is 6.62. The van der Waals surface area contributed by atoms with Gasteiger partial charge < -0.3 is 15.8 Å². The first-order valence-electron chi connectivity index (χ1n) is 5.69.